The number of nitrogens with zero attached hydrogens (tertiary/aromatic N) is 1. The van der Waals surface area contributed by atoms with Crippen LogP contribution in [0.25, 0.3) is 9.88 Å². The van der Waals surface area contributed by atoms with Crippen molar-refractivity contribution in [3.8, 4) is 9.88 Å². The van der Waals surface area contributed by atoms with Gasteiger partial charge in [0, 0.05) is 18.0 Å². The van der Waals surface area contributed by atoms with Gasteiger partial charge in [-0.1, -0.05) is 0 Å². The number of nitrogens with one attached hydrogen (secondary N) is 1. The topological polar surface area (TPSA) is 68.0 Å². The van der Waals surface area contributed by atoms with Crippen molar-refractivity contribution < 1.29 is 4.79 Å². The molecule has 8 heteroatoms. The van der Waals surface area contributed by atoms with E-state index in [0.29, 0.717) is 12.2 Å². The summed E-state index contributed by atoms with van der Waals surface area (Å²) in [5.74, 6) is -0.140. The van der Waals surface area contributed by atoms with Crippen LogP contribution in [0, 0.1) is 0 Å². The van der Waals surface area contributed by atoms with Gasteiger partial charge in [-0.2, -0.15) is 0 Å². The van der Waals surface area contributed by atoms with Crippen LogP contribution in [-0.2, 0) is 0 Å². The highest BCUT2D eigenvalue weighted by Crippen LogP contribution is 2.33. The van der Waals surface area contributed by atoms with Crippen LogP contribution < -0.4 is 11.1 Å². The van der Waals surface area contributed by atoms with Crippen molar-refractivity contribution >= 4 is 56.9 Å². The van der Waals surface area contributed by atoms with E-state index in [1.165, 1.54) is 11.3 Å². The number of amides is 1. The van der Waals surface area contributed by atoms with Crippen molar-refractivity contribution in [3.05, 3.63) is 27.0 Å². The molecule has 1 atom stereocenters. The summed E-state index contributed by atoms with van der Waals surface area (Å²) in [7, 11) is 0. The van der Waals surface area contributed by atoms with Crippen molar-refractivity contribution in [2.45, 2.75) is 19.4 Å². The van der Waals surface area contributed by atoms with Gasteiger partial charge in [0.05, 0.1) is 8.66 Å². The van der Waals surface area contributed by atoms with E-state index in [9.17, 15) is 4.79 Å². The van der Waals surface area contributed by atoms with E-state index < -0.39 is 0 Å². The number of carbonyl (C=O) groups excluding carboxylic acids is 1. The van der Waals surface area contributed by atoms with Crippen LogP contribution in [0.5, 0.6) is 0 Å². The van der Waals surface area contributed by atoms with Crippen LogP contribution in [0.3, 0.4) is 0 Å². The van der Waals surface area contributed by atoms with Crippen molar-refractivity contribution in [1.82, 2.24) is 10.3 Å². The Morgan fingerprint density at radius 2 is 2.30 bits per heavy atom. The summed E-state index contributed by atoms with van der Waals surface area (Å²) in [6.07, 6.45) is 0.764. The van der Waals surface area contributed by atoms with E-state index in [2.05, 4.69) is 26.2 Å². The Labute approximate surface area is 140 Å². The second-order valence-electron chi connectivity index (χ2n) is 4.16. The van der Waals surface area contributed by atoms with Gasteiger partial charge in [0.25, 0.3) is 5.91 Å². The first kappa shape index (κ1) is 17.6. The van der Waals surface area contributed by atoms with Gasteiger partial charge in [-0.25, -0.2) is 4.98 Å². The second kappa shape index (κ2) is 8.09. The van der Waals surface area contributed by atoms with Gasteiger partial charge < -0.3 is 11.1 Å². The molecule has 2 aromatic heterocycles. The molecular weight excluding hydrogens is 382 g/mol. The third-order valence-electron chi connectivity index (χ3n) is 2.41. The molecule has 3 N–H and O–H groups in total. The quantitative estimate of drug-likeness (QED) is 0.812. The zero-order chi connectivity index (χ0) is 13.8. The lowest BCUT2D eigenvalue weighted by Crippen LogP contribution is -2.29. The van der Waals surface area contributed by atoms with Crippen molar-refractivity contribution in [2.24, 2.45) is 5.73 Å². The van der Waals surface area contributed by atoms with Gasteiger partial charge >= 0.3 is 0 Å². The first-order valence-corrected chi connectivity index (χ1v) is 8.30. The molecule has 0 aliphatic rings. The number of nitrogens with two attached hydrogens (primary N) is 1. The minimum absolute atomic E-state index is 0. The van der Waals surface area contributed by atoms with Crippen LogP contribution in [0.2, 0.25) is 0 Å². The zero-order valence-electron chi connectivity index (χ0n) is 10.8. The highest BCUT2D eigenvalue weighted by atomic mass is 79.9. The van der Waals surface area contributed by atoms with Crippen molar-refractivity contribution in [2.75, 3.05) is 6.54 Å². The third kappa shape index (κ3) is 4.82. The first-order chi connectivity index (χ1) is 9.06. The molecule has 0 bridgehead atoms. The Kier molecular flexibility index (Phi) is 7.11. The molecular formula is C12H15BrClN3OS2. The SMILES string of the molecule is CC(N)CCNC(=O)c1csc(-c2ccc(Br)s2)n1.Cl. The summed E-state index contributed by atoms with van der Waals surface area (Å²) >= 11 is 6.50. The molecule has 110 valence electrons. The second-order valence-corrected chi connectivity index (χ2v) is 7.48. The van der Waals surface area contributed by atoms with Crippen LogP contribution in [0.4, 0.5) is 0 Å². The van der Waals surface area contributed by atoms with Gasteiger partial charge in [0.2, 0.25) is 0 Å². The Hall–Kier alpha value is -0.470. The van der Waals surface area contributed by atoms with Crippen LogP contribution in [0.1, 0.15) is 23.8 Å². The fraction of sp³-hybridized carbons (Fsp3) is 0.333. The van der Waals surface area contributed by atoms with Gasteiger partial charge in [0.1, 0.15) is 10.7 Å². The van der Waals surface area contributed by atoms with Crippen molar-refractivity contribution in [3.63, 3.8) is 0 Å². The molecule has 0 radical (unpaired) electrons. The van der Waals surface area contributed by atoms with Gasteiger partial charge in [-0.3, -0.25) is 4.79 Å². The fourth-order valence-corrected chi connectivity index (χ4v) is 3.68. The number of carbonyl (C=O) groups is 1. The summed E-state index contributed by atoms with van der Waals surface area (Å²) in [4.78, 5) is 17.3. The molecule has 0 aromatic carbocycles. The number of hydrogen-bond acceptors (Lipinski definition) is 5. The van der Waals surface area contributed by atoms with E-state index in [-0.39, 0.29) is 24.4 Å². The molecule has 2 heterocycles. The number of halogens is 2. The Morgan fingerprint density at radius 1 is 1.55 bits per heavy atom. The summed E-state index contributed by atoms with van der Waals surface area (Å²) < 4.78 is 1.06. The lowest BCUT2D eigenvalue weighted by Gasteiger charge is -2.05. The Bertz CT molecular complexity index is 571. The number of aromatic nitrogens is 1. The van der Waals surface area contributed by atoms with Crippen molar-refractivity contribution in [1.29, 1.82) is 0 Å². The number of hydrogen-bond donors (Lipinski definition) is 2. The maximum Gasteiger partial charge on any atom is 0.270 e. The van der Waals surface area contributed by atoms with E-state index >= 15 is 0 Å². The molecule has 2 rings (SSSR count). The molecule has 0 spiro atoms. The highest BCUT2D eigenvalue weighted by Gasteiger charge is 2.12. The Balaban J connectivity index is 0.00000200. The minimum Gasteiger partial charge on any atom is -0.351 e. The molecule has 1 amide bonds. The van der Waals surface area contributed by atoms with E-state index in [0.717, 1.165) is 20.1 Å². The maximum atomic E-state index is 11.9. The summed E-state index contributed by atoms with van der Waals surface area (Å²) in [6.45, 7) is 2.50. The molecule has 20 heavy (non-hydrogen) atoms. The predicted molar refractivity (Wildman–Crippen MR) is 91.0 cm³/mol. The molecule has 1 unspecified atom stereocenters. The molecule has 2 aromatic rings. The van der Waals surface area contributed by atoms with E-state index in [1.807, 2.05) is 19.1 Å². The van der Waals surface area contributed by atoms with E-state index in [4.69, 9.17) is 5.73 Å². The Morgan fingerprint density at radius 3 is 2.90 bits per heavy atom. The van der Waals surface area contributed by atoms with Gasteiger partial charge in [-0.15, -0.1) is 35.1 Å². The third-order valence-corrected chi connectivity index (χ3v) is 5.04. The largest absolute Gasteiger partial charge is 0.351 e. The van der Waals surface area contributed by atoms with Gasteiger partial charge in [0.15, 0.2) is 0 Å². The molecule has 0 aliphatic carbocycles. The first-order valence-electron chi connectivity index (χ1n) is 5.81. The standard InChI is InChI=1S/C12H14BrN3OS2.ClH/c1-7(14)4-5-15-11(17)8-6-18-12(16-8)9-2-3-10(13)19-9;/h2-3,6-7H,4-5,14H2,1H3,(H,15,17);1H. The maximum absolute atomic E-state index is 11.9. The highest BCUT2D eigenvalue weighted by molar-refractivity contribution is 9.11. The number of thiophene rings is 1. The normalized spacial score (nSPS) is 11.8. The smallest absolute Gasteiger partial charge is 0.270 e. The summed E-state index contributed by atoms with van der Waals surface area (Å²) in [5, 5.41) is 5.47. The van der Waals surface area contributed by atoms with Crippen LogP contribution in [-0.4, -0.2) is 23.5 Å². The van der Waals surface area contributed by atoms with Crippen LogP contribution >= 0.6 is 51.0 Å². The predicted octanol–water partition coefficient (Wildman–Crippen LogP) is 3.52. The average molecular weight is 397 g/mol. The summed E-state index contributed by atoms with van der Waals surface area (Å²) in [6, 6.07) is 4.06. The molecule has 0 saturated heterocycles. The molecule has 4 nitrogen and oxygen atoms in total. The zero-order valence-corrected chi connectivity index (χ0v) is 14.8. The molecule has 0 fully saturated rings. The monoisotopic (exact) mass is 395 g/mol. The fourth-order valence-electron chi connectivity index (χ4n) is 1.42. The minimum atomic E-state index is -0.140. The van der Waals surface area contributed by atoms with Crippen LogP contribution in [0.15, 0.2) is 21.3 Å². The van der Waals surface area contributed by atoms with E-state index in [1.54, 1.807) is 16.7 Å². The summed E-state index contributed by atoms with van der Waals surface area (Å²) in [5.41, 5.74) is 6.10. The molecule has 0 saturated carbocycles. The number of rotatable bonds is 5. The van der Waals surface area contributed by atoms with Gasteiger partial charge in [-0.05, 0) is 41.4 Å². The lowest BCUT2D eigenvalue weighted by molar-refractivity contribution is 0.0948. The lowest BCUT2D eigenvalue weighted by atomic mass is 10.2. The average Bonchev–Trinajstić information content (AvgIpc) is 2.96. The number of thiazole rings is 1. The molecule has 0 aliphatic heterocycles.